The molecule has 29 heavy (non-hydrogen) atoms. The number of benzene rings is 1. The first-order chi connectivity index (χ1) is 13.1. The third-order valence-electron chi connectivity index (χ3n) is 5.40. The van der Waals surface area contributed by atoms with E-state index in [1.165, 1.54) is 32.1 Å². The third-order valence-corrected chi connectivity index (χ3v) is 5.71. The highest BCUT2D eigenvalue weighted by molar-refractivity contribution is 6.35. The molecule has 1 saturated carbocycles. The minimum absolute atomic E-state index is 0. The highest BCUT2D eigenvalue weighted by atomic mass is 35.5. The molecule has 0 spiro atoms. The van der Waals surface area contributed by atoms with Gasteiger partial charge in [-0.05, 0) is 50.1 Å². The van der Waals surface area contributed by atoms with E-state index in [1.54, 1.807) is 6.07 Å². The molecule has 0 atom stereocenters. The number of hydrogen-bond donors (Lipinski definition) is 2. The molecule has 1 aromatic heterocycles. The van der Waals surface area contributed by atoms with E-state index >= 15 is 0 Å². The molecule has 8 heteroatoms. The van der Waals surface area contributed by atoms with Crippen molar-refractivity contribution in [2.24, 2.45) is 5.92 Å². The quantitative estimate of drug-likeness (QED) is 0.627. The number of rotatable bonds is 7. The molecule has 2 N–H and O–H groups in total. The fourth-order valence-corrected chi connectivity index (χ4v) is 3.97. The maximum atomic E-state index is 12.8. The number of carbonyl (C=O) groups is 1. The minimum Gasteiger partial charge on any atom is -0.358 e. The molecule has 1 aromatic carbocycles. The highest BCUT2D eigenvalue weighted by Crippen LogP contribution is 2.28. The van der Waals surface area contributed by atoms with Crippen molar-refractivity contribution in [2.45, 2.75) is 32.1 Å². The van der Waals surface area contributed by atoms with Gasteiger partial charge in [0.15, 0.2) is 0 Å². The van der Waals surface area contributed by atoms with Crippen LogP contribution in [0.3, 0.4) is 0 Å². The molecule has 0 aliphatic heterocycles. The normalized spacial score (nSPS) is 14.0. The van der Waals surface area contributed by atoms with Gasteiger partial charge in [-0.25, -0.2) is 4.98 Å². The zero-order valence-corrected chi connectivity index (χ0v) is 19.4. The van der Waals surface area contributed by atoms with E-state index in [2.05, 4.69) is 15.5 Å². The van der Waals surface area contributed by atoms with E-state index in [-0.39, 0.29) is 30.7 Å². The zero-order chi connectivity index (χ0) is 19.2. The van der Waals surface area contributed by atoms with E-state index in [4.69, 9.17) is 16.6 Å². The van der Waals surface area contributed by atoms with Gasteiger partial charge < -0.3 is 15.5 Å². The number of amides is 1. The van der Waals surface area contributed by atoms with Gasteiger partial charge in [-0.3, -0.25) is 4.79 Å². The summed E-state index contributed by atoms with van der Waals surface area (Å²) in [6.45, 7) is 2.47. The third kappa shape index (κ3) is 6.61. The van der Waals surface area contributed by atoms with Gasteiger partial charge in [0, 0.05) is 32.1 Å². The summed E-state index contributed by atoms with van der Waals surface area (Å²) in [4.78, 5) is 19.7. The molecule has 1 fully saturated rings. The van der Waals surface area contributed by atoms with E-state index in [1.807, 2.05) is 32.3 Å². The fraction of sp³-hybridized carbons (Fsp3) is 0.524. The molecule has 0 radical (unpaired) electrons. The fourth-order valence-electron chi connectivity index (χ4n) is 3.72. The van der Waals surface area contributed by atoms with Crippen molar-refractivity contribution in [3.05, 3.63) is 34.9 Å². The van der Waals surface area contributed by atoms with Crippen molar-refractivity contribution in [3.63, 3.8) is 0 Å². The van der Waals surface area contributed by atoms with Crippen LogP contribution in [0, 0.1) is 5.92 Å². The Labute approximate surface area is 190 Å². The first-order valence-corrected chi connectivity index (χ1v) is 10.2. The number of nitrogens with one attached hydrogen (secondary N) is 2. The molecule has 0 unspecified atom stereocenters. The van der Waals surface area contributed by atoms with Gasteiger partial charge in [0.25, 0.3) is 5.91 Å². The molecule has 1 aliphatic rings. The van der Waals surface area contributed by atoms with Crippen molar-refractivity contribution in [1.29, 1.82) is 0 Å². The number of pyridine rings is 1. The number of nitrogens with zero attached hydrogens (tertiary/aromatic N) is 2. The summed E-state index contributed by atoms with van der Waals surface area (Å²) >= 11 is 6.38. The van der Waals surface area contributed by atoms with Crippen molar-refractivity contribution < 1.29 is 4.79 Å². The molecule has 1 heterocycles. The first-order valence-electron chi connectivity index (χ1n) is 9.83. The Hall–Kier alpha value is -1.27. The molecule has 0 saturated heterocycles. The Morgan fingerprint density at radius 3 is 2.59 bits per heavy atom. The number of anilines is 1. The molecule has 2 aromatic rings. The second kappa shape index (κ2) is 12.4. The largest absolute Gasteiger partial charge is 0.358 e. The van der Waals surface area contributed by atoms with Crippen LogP contribution in [-0.4, -0.2) is 44.6 Å². The maximum Gasteiger partial charge on any atom is 0.253 e. The average Bonchev–Trinajstić information content (AvgIpc) is 2.70. The lowest BCUT2D eigenvalue weighted by Gasteiger charge is -2.22. The van der Waals surface area contributed by atoms with Crippen molar-refractivity contribution >= 4 is 59.0 Å². The van der Waals surface area contributed by atoms with Gasteiger partial charge in [0.1, 0.15) is 5.82 Å². The van der Waals surface area contributed by atoms with Crippen LogP contribution in [0.4, 0.5) is 5.82 Å². The second-order valence-electron chi connectivity index (χ2n) is 7.40. The zero-order valence-electron chi connectivity index (χ0n) is 17.0. The lowest BCUT2D eigenvalue weighted by molar-refractivity contribution is 0.0945. The number of fused-ring (bicyclic) bond motifs is 1. The summed E-state index contributed by atoms with van der Waals surface area (Å²) in [5, 5.41) is 7.51. The predicted octanol–water partition coefficient (Wildman–Crippen LogP) is 4.70. The second-order valence-corrected chi connectivity index (χ2v) is 7.80. The van der Waals surface area contributed by atoms with Crippen LogP contribution < -0.4 is 15.5 Å². The molecule has 1 aliphatic carbocycles. The van der Waals surface area contributed by atoms with E-state index in [0.717, 1.165) is 36.4 Å². The lowest BCUT2D eigenvalue weighted by atomic mass is 9.89. The van der Waals surface area contributed by atoms with E-state index in [9.17, 15) is 4.79 Å². The molecule has 1 amide bonds. The topological polar surface area (TPSA) is 57.3 Å². The van der Waals surface area contributed by atoms with Gasteiger partial charge in [0.2, 0.25) is 0 Å². The van der Waals surface area contributed by atoms with E-state index in [0.29, 0.717) is 16.5 Å². The van der Waals surface area contributed by atoms with Gasteiger partial charge in [-0.15, -0.1) is 24.8 Å². The van der Waals surface area contributed by atoms with E-state index < -0.39 is 0 Å². The molecular formula is C21H31Cl3N4O. The predicted molar refractivity (Wildman–Crippen MR) is 127 cm³/mol. The highest BCUT2D eigenvalue weighted by Gasteiger charge is 2.19. The van der Waals surface area contributed by atoms with Gasteiger partial charge in [-0.2, -0.15) is 0 Å². The van der Waals surface area contributed by atoms with Crippen LogP contribution in [0.1, 0.15) is 42.5 Å². The Balaban J connectivity index is 0.00000210. The first kappa shape index (κ1) is 25.8. The maximum absolute atomic E-state index is 12.8. The van der Waals surface area contributed by atoms with Crippen molar-refractivity contribution in [1.82, 2.24) is 15.6 Å². The summed E-state index contributed by atoms with van der Waals surface area (Å²) in [5.41, 5.74) is 1.32. The van der Waals surface area contributed by atoms with Crippen LogP contribution in [-0.2, 0) is 0 Å². The van der Waals surface area contributed by atoms with Crippen LogP contribution in [0.2, 0.25) is 5.02 Å². The summed E-state index contributed by atoms with van der Waals surface area (Å²) < 4.78 is 0. The summed E-state index contributed by atoms with van der Waals surface area (Å²) in [7, 11) is 3.95. The Morgan fingerprint density at radius 1 is 1.17 bits per heavy atom. The van der Waals surface area contributed by atoms with Crippen LogP contribution >= 0.6 is 36.4 Å². The van der Waals surface area contributed by atoms with Gasteiger partial charge >= 0.3 is 0 Å². The number of likely N-dealkylation sites (N-methyl/N-ethyl adjacent to an activating group) is 2. The molecule has 3 rings (SSSR count). The number of aromatic nitrogens is 1. The molecule has 0 bridgehead atoms. The summed E-state index contributed by atoms with van der Waals surface area (Å²) in [6.07, 6.45) is 6.25. The molecule has 162 valence electrons. The van der Waals surface area contributed by atoms with Gasteiger partial charge in [0.05, 0.1) is 16.1 Å². The average molecular weight is 462 g/mol. The van der Waals surface area contributed by atoms with Crippen LogP contribution in [0.15, 0.2) is 24.3 Å². The monoisotopic (exact) mass is 460 g/mol. The Bertz CT molecular complexity index is 797. The standard InChI is InChI=1S/C21H29ClN4O.2ClH/c1-23-12-13-26(2)19-11-8-16-18(25-19)10-9-17(22)20(16)21(27)24-14-15-6-4-3-5-7-15;;/h8-11,15,23H,3-7,12-14H2,1-2H3,(H,24,27);2*1H. The Kier molecular flexibility index (Phi) is 11.0. The smallest absolute Gasteiger partial charge is 0.253 e. The minimum atomic E-state index is -0.103. The number of halogens is 3. The van der Waals surface area contributed by atoms with Crippen LogP contribution in [0.5, 0.6) is 0 Å². The lowest BCUT2D eigenvalue weighted by Crippen LogP contribution is -2.30. The number of hydrogen-bond acceptors (Lipinski definition) is 4. The summed E-state index contributed by atoms with van der Waals surface area (Å²) in [5.74, 6) is 1.37. The van der Waals surface area contributed by atoms with Crippen molar-refractivity contribution in [3.8, 4) is 0 Å². The summed E-state index contributed by atoms with van der Waals surface area (Å²) in [6, 6.07) is 7.55. The van der Waals surface area contributed by atoms with Crippen molar-refractivity contribution in [2.75, 3.05) is 38.6 Å². The molecular weight excluding hydrogens is 431 g/mol. The SMILES string of the molecule is CNCCN(C)c1ccc2c(C(=O)NCC3CCCCC3)c(Cl)ccc2n1.Cl.Cl. The van der Waals surface area contributed by atoms with Gasteiger partial charge in [-0.1, -0.05) is 30.9 Å². The number of carbonyl (C=O) groups excluding carboxylic acids is 1. The van der Waals surface area contributed by atoms with Crippen LogP contribution in [0.25, 0.3) is 10.9 Å². The molecule has 5 nitrogen and oxygen atoms in total. The Morgan fingerprint density at radius 2 is 1.90 bits per heavy atom.